The Kier molecular flexibility index (Phi) is 3.61. The number of hydrogen-bond acceptors (Lipinski definition) is 3. The van der Waals surface area contributed by atoms with Gasteiger partial charge in [0.2, 0.25) is 0 Å². The van der Waals surface area contributed by atoms with Crippen LogP contribution in [0.1, 0.15) is 12.8 Å². The molecule has 15 heavy (non-hydrogen) atoms. The molecule has 1 aliphatic heterocycles. The minimum absolute atomic E-state index is 0.749. The smallest absolute Gasteiger partial charge is 0.141 e. The fraction of sp³-hybridized carbons (Fsp3) is 0.545. The molecule has 0 amide bonds. The van der Waals surface area contributed by atoms with Crippen molar-refractivity contribution in [3.05, 3.63) is 18.5 Å². The van der Waals surface area contributed by atoms with E-state index in [1.165, 1.54) is 18.3 Å². The highest BCUT2D eigenvalue weighted by atomic mass is 16.5. The van der Waals surface area contributed by atoms with Crippen LogP contribution in [-0.2, 0) is 4.74 Å². The van der Waals surface area contributed by atoms with Gasteiger partial charge in [-0.15, -0.1) is 0 Å². The van der Waals surface area contributed by atoms with Gasteiger partial charge in [-0.25, -0.2) is 0 Å². The minimum Gasteiger partial charge on any atom is -0.384 e. The second kappa shape index (κ2) is 5.17. The third kappa shape index (κ3) is 3.24. The van der Waals surface area contributed by atoms with E-state index in [4.69, 9.17) is 4.74 Å². The molecule has 2 rings (SSSR count). The molecule has 0 radical (unpaired) electrons. The molecule has 4 heteroatoms. The number of aromatic nitrogens is 1. The van der Waals surface area contributed by atoms with Crippen molar-refractivity contribution >= 4 is 19.0 Å². The van der Waals surface area contributed by atoms with Gasteiger partial charge >= 0.3 is 0 Å². The Morgan fingerprint density at radius 3 is 2.93 bits per heavy atom. The van der Waals surface area contributed by atoms with E-state index in [1.54, 1.807) is 0 Å². The van der Waals surface area contributed by atoms with E-state index in [0.717, 1.165) is 31.4 Å². The Bertz CT molecular complexity index is 313. The lowest BCUT2D eigenvalue weighted by Crippen LogP contribution is -2.23. The summed E-state index contributed by atoms with van der Waals surface area (Å²) in [6.07, 6.45) is 6.10. The zero-order valence-corrected chi connectivity index (χ0v) is 9.20. The fourth-order valence-electron chi connectivity index (χ4n) is 1.86. The van der Waals surface area contributed by atoms with Crippen molar-refractivity contribution in [3.8, 4) is 0 Å². The quantitative estimate of drug-likeness (QED) is 0.713. The monoisotopic (exact) mass is 204 g/mol. The van der Waals surface area contributed by atoms with Gasteiger partial charge in [-0.3, -0.25) is 4.98 Å². The highest BCUT2D eigenvalue weighted by Gasteiger charge is 2.12. The van der Waals surface area contributed by atoms with Crippen molar-refractivity contribution in [2.75, 3.05) is 25.1 Å². The summed E-state index contributed by atoms with van der Waals surface area (Å²) >= 11 is 0. The van der Waals surface area contributed by atoms with Gasteiger partial charge in [-0.2, -0.15) is 0 Å². The fourth-order valence-corrected chi connectivity index (χ4v) is 1.86. The Morgan fingerprint density at radius 2 is 2.20 bits per heavy atom. The molecular formula is C11H17BN2O. The normalized spacial score (nSPS) is 17.6. The third-order valence-corrected chi connectivity index (χ3v) is 2.81. The van der Waals surface area contributed by atoms with Crippen molar-refractivity contribution in [2.24, 2.45) is 5.92 Å². The summed E-state index contributed by atoms with van der Waals surface area (Å²) in [5.41, 5.74) is 2.33. The summed E-state index contributed by atoms with van der Waals surface area (Å²) in [5.74, 6) is 0.749. The summed E-state index contributed by atoms with van der Waals surface area (Å²) < 4.78 is 5.33. The SMILES string of the molecule is Bc1cncc(NCC2CCOCC2)c1. The predicted molar refractivity (Wildman–Crippen MR) is 64.4 cm³/mol. The summed E-state index contributed by atoms with van der Waals surface area (Å²) in [6, 6.07) is 2.13. The molecule has 0 aromatic carbocycles. The minimum atomic E-state index is 0.749. The first-order valence-electron chi connectivity index (χ1n) is 5.58. The van der Waals surface area contributed by atoms with Crippen molar-refractivity contribution in [1.82, 2.24) is 4.98 Å². The molecule has 1 aliphatic rings. The molecule has 1 N–H and O–H groups in total. The van der Waals surface area contributed by atoms with Crippen LogP contribution in [0.5, 0.6) is 0 Å². The molecule has 1 fully saturated rings. The van der Waals surface area contributed by atoms with Crippen LogP contribution in [-0.4, -0.2) is 32.6 Å². The highest BCUT2D eigenvalue weighted by Crippen LogP contribution is 2.15. The molecule has 80 valence electrons. The van der Waals surface area contributed by atoms with E-state index in [0.29, 0.717) is 0 Å². The first-order valence-corrected chi connectivity index (χ1v) is 5.58. The Balaban J connectivity index is 1.81. The second-order valence-electron chi connectivity index (χ2n) is 4.19. The van der Waals surface area contributed by atoms with E-state index < -0.39 is 0 Å². The van der Waals surface area contributed by atoms with Gasteiger partial charge in [-0.05, 0) is 24.8 Å². The summed E-state index contributed by atoms with van der Waals surface area (Å²) in [5, 5.41) is 3.44. The van der Waals surface area contributed by atoms with Gasteiger partial charge in [0, 0.05) is 32.2 Å². The third-order valence-electron chi connectivity index (χ3n) is 2.81. The predicted octanol–water partition coefficient (Wildman–Crippen LogP) is 0.178. The van der Waals surface area contributed by atoms with Crippen LogP contribution in [0.25, 0.3) is 0 Å². The van der Waals surface area contributed by atoms with Crippen LogP contribution in [0.4, 0.5) is 5.69 Å². The lowest BCUT2D eigenvalue weighted by atomic mass is 9.98. The summed E-state index contributed by atoms with van der Waals surface area (Å²) in [4.78, 5) is 4.16. The first kappa shape index (κ1) is 10.5. The molecule has 0 bridgehead atoms. The van der Waals surface area contributed by atoms with Crippen molar-refractivity contribution in [3.63, 3.8) is 0 Å². The van der Waals surface area contributed by atoms with Crippen LogP contribution in [0.2, 0.25) is 0 Å². The Morgan fingerprint density at radius 1 is 1.40 bits per heavy atom. The van der Waals surface area contributed by atoms with Gasteiger partial charge in [0.15, 0.2) is 0 Å². The molecule has 1 aromatic rings. The van der Waals surface area contributed by atoms with E-state index in [1.807, 2.05) is 12.4 Å². The van der Waals surface area contributed by atoms with Crippen LogP contribution >= 0.6 is 0 Å². The maximum Gasteiger partial charge on any atom is 0.141 e. The van der Waals surface area contributed by atoms with Gasteiger partial charge < -0.3 is 10.1 Å². The summed E-state index contributed by atoms with van der Waals surface area (Å²) in [6.45, 7) is 2.87. The van der Waals surface area contributed by atoms with Gasteiger partial charge in [0.05, 0.1) is 5.69 Å². The molecule has 0 saturated carbocycles. The maximum atomic E-state index is 5.33. The Hall–Kier alpha value is -1.03. The molecular weight excluding hydrogens is 187 g/mol. The van der Waals surface area contributed by atoms with Crippen LogP contribution < -0.4 is 10.8 Å². The largest absolute Gasteiger partial charge is 0.384 e. The number of ether oxygens (including phenoxy) is 1. The molecule has 1 saturated heterocycles. The van der Waals surface area contributed by atoms with Crippen molar-refractivity contribution < 1.29 is 4.74 Å². The molecule has 2 heterocycles. The number of nitrogens with zero attached hydrogens (tertiary/aromatic N) is 1. The maximum absolute atomic E-state index is 5.33. The van der Waals surface area contributed by atoms with Gasteiger partial charge in [0.1, 0.15) is 7.85 Å². The van der Waals surface area contributed by atoms with E-state index in [-0.39, 0.29) is 0 Å². The van der Waals surface area contributed by atoms with Gasteiger partial charge in [-0.1, -0.05) is 5.46 Å². The zero-order chi connectivity index (χ0) is 10.5. The molecule has 3 nitrogen and oxygen atoms in total. The van der Waals surface area contributed by atoms with Gasteiger partial charge in [0.25, 0.3) is 0 Å². The standard InChI is InChI=1S/C11H17BN2O/c12-10-5-11(8-13-7-10)14-6-9-1-3-15-4-2-9/h5,7-9,14H,1-4,6,12H2. The highest BCUT2D eigenvalue weighted by molar-refractivity contribution is 6.32. The molecule has 0 spiro atoms. The zero-order valence-electron chi connectivity index (χ0n) is 9.20. The lowest BCUT2D eigenvalue weighted by Gasteiger charge is -2.22. The second-order valence-corrected chi connectivity index (χ2v) is 4.19. The van der Waals surface area contributed by atoms with Crippen LogP contribution in [0.3, 0.4) is 0 Å². The number of rotatable bonds is 3. The molecule has 0 atom stereocenters. The summed E-state index contributed by atoms with van der Waals surface area (Å²) in [7, 11) is 2.06. The molecule has 0 aliphatic carbocycles. The number of anilines is 1. The molecule has 1 aromatic heterocycles. The number of hydrogen-bond donors (Lipinski definition) is 1. The van der Waals surface area contributed by atoms with E-state index in [9.17, 15) is 0 Å². The average molecular weight is 204 g/mol. The first-order chi connectivity index (χ1) is 7.34. The van der Waals surface area contributed by atoms with Crippen LogP contribution in [0.15, 0.2) is 18.5 Å². The average Bonchev–Trinajstić information content (AvgIpc) is 2.28. The van der Waals surface area contributed by atoms with E-state index in [2.05, 4.69) is 24.2 Å². The number of nitrogens with one attached hydrogen (secondary N) is 1. The lowest BCUT2D eigenvalue weighted by molar-refractivity contribution is 0.0699. The number of pyridine rings is 1. The van der Waals surface area contributed by atoms with Crippen molar-refractivity contribution in [1.29, 1.82) is 0 Å². The van der Waals surface area contributed by atoms with E-state index >= 15 is 0 Å². The topological polar surface area (TPSA) is 34.2 Å². The molecule has 0 unspecified atom stereocenters. The Labute approximate surface area is 91.7 Å². The van der Waals surface area contributed by atoms with Crippen molar-refractivity contribution in [2.45, 2.75) is 12.8 Å². The van der Waals surface area contributed by atoms with Crippen LogP contribution in [0, 0.1) is 5.92 Å².